The van der Waals surface area contributed by atoms with Crippen LogP contribution in [0.15, 0.2) is 0 Å². The Labute approximate surface area is 138 Å². The van der Waals surface area contributed by atoms with E-state index < -0.39 is 12.0 Å². The number of esters is 2. The van der Waals surface area contributed by atoms with Gasteiger partial charge in [-0.3, -0.25) is 9.59 Å². The third-order valence-corrected chi connectivity index (χ3v) is 4.37. The minimum atomic E-state index is -0.900. The SMILES string of the molecule is NC(CC(=O)OC1CCCCC1)C(=O)OC1CCCCC1.[Cl-]. The second-order valence-electron chi connectivity index (χ2n) is 6.26. The molecule has 0 heterocycles. The van der Waals surface area contributed by atoms with Crippen molar-refractivity contribution in [1.82, 2.24) is 0 Å². The number of rotatable bonds is 5. The van der Waals surface area contributed by atoms with Crippen LogP contribution in [0.1, 0.15) is 70.6 Å². The average molecular weight is 333 g/mol. The summed E-state index contributed by atoms with van der Waals surface area (Å²) in [6.07, 6.45) is 10.4. The highest BCUT2D eigenvalue weighted by molar-refractivity contribution is 5.82. The molecular weight excluding hydrogens is 306 g/mol. The van der Waals surface area contributed by atoms with Crippen molar-refractivity contribution in [1.29, 1.82) is 0 Å². The van der Waals surface area contributed by atoms with Crippen molar-refractivity contribution in [3.05, 3.63) is 0 Å². The van der Waals surface area contributed by atoms with Gasteiger partial charge in [0.2, 0.25) is 0 Å². The molecule has 6 heteroatoms. The topological polar surface area (TPSA) is 78.6 Å². The van der Waals surface area contributed by atoms with Crippen molar-refractivity contribution in [3.8, 4) is 0 Å². The molecule has 1 unspecified atom stereocenters. The molecule has 2 N–H and O–H groups in total. The van der Waals surface area contributed by atoms with Gasteiger partial charge < -0.3 is 27.6 Å². The number of ether oxygens (including phenoxy) is 2. The molecule has 0 radical (unpaired) electrons. The Balaban J connectivity index is 0.00000242. The highest BCUT2D eigenvalue weighted by Crippen LogP contribution is 2.22. The summed E-state index contributed by atoms with van der Waals surface area (Å²) in [7, 11) is 0. The Morgan fingerprint density at radius 2 is 1.32 bits per heavy atom. The molecule has 0 saturated heterocycles. The van der Waals surface area contributed by atoms with Gasteiger partial charge in [-0.2, -0.15) is 0 Å². The Morgan fingerprint density at radius 1 is 0.864 bits per heavy atom. The summed E-state index contributed by atoms with van der Waals surface area (Å²) in [4.78, 5) is 23.7. The van der Waals surface area contributed by atoms with E-state index in [0.29, 0.717) is 0 Å². The lowest BCUT2D eigenvalue weighted by atomic mass is 9.97. The first-order chi connectivity index (χ1) is 10.1. The van der Waals surface area contributed by atoms with Gasteiger partial charge in [-0.05, 0) is 51.4 Å². The molecule has 0 aromatic rings. The smallest absolute Gasteiger partial charge is 0.323 e. The van der Waals surface area contributed by atoms with Crippen molar-refractivity contribution in [3.63, 3.8) is 0 Å². The fraction of sp³-hybridized carbons (Fsp3) is 0.875. The quantitative estimate of drug-likeness (QED) is 0.684. The van der Waals surface area contributed by atoms with E-state index in [1.807, 2.05) is 0 Å². The zero-order valence-corrected chi connectivity index (χ0v) is 13.9. The van der Waals surface area contributed by atoms with E-state index in [1.165, 1.54) is 12.8 Å². The first-order valence-corrected chi connectivity index (χ1v) is 8.30. The van der Waals surface area contributed by atoms with E-state index in [2.05, 4.69) is 0 Å². The summed E-state index contributed by atoms with van der Waals surface area (Å²) < 4.78 is 10.7. The van der Waals surface area contributed by atoms with Crippen LogP contribution in [0.3, 0.4) is 0 Å². The van der Waals surface area contributed by atoms with Gasteiger partial charge in [0.1, 0.15) is 18.2 Å². The summed E-state index contributed by atoms with van der Waals surface area (Å²) in [6.45, 7) is 0. The zero-order chi connectivity index (χ0) is 15.1. The largest absolute Gasteiger partial charge is 1.00 e. The maximum absolute atomic E-state index is 11.9. The molecule has 0 aromatic heterocycles. The minimum absolute atomic E-state index is 0. The van der Waals surface area contributed by atoms with E-state index in [-0.39, 0.29) is 37.0 Å². The molecule has 2 aliphatic carbocycles. The third-order valence-electron chi connectivity index (χ3n) is 4.37. The van der Waals surface area contributed by atoms with Crippen LogP contribution in [0.2, 0.25) is 0 Å². The number of nitrogens with two attached hydrogens (primary N) is 1. The molecule has 2 fully saturated rings. The summed E-state index contributed by atoms with van der Waals surface area (Å²) in [6, 6.07) is -0.900. The Morgan fingerprint density at radius 3 is 1.82 bits per heavy atom. The molecule has 2 rings (SSSR count). The molecule has 0 aromatic carbocycles. The Hall–Kier alpha value is -0.810. The molecule has 128 valence electrons. The lowest BCUT2D eigenvalue weighted by molar-refractivity contribution is -0.159. The van der Waals surface area contributed by atoms with Crippen molar-refractivity contribution < 1.29 is 31.5 Å². The van der Waals surface area contributed by atoms with Gasteiger partial charge in [-0.1, -0.05) is 12.8 Å². The van der Waals surface area contributed by atoms with Gasteiger partial charge in [-0.25, -0.2) is 0 Å². The maximum atomic E-state index is 11.9. The molecular formula is C16H27ClNO4-. The highest BCUT2D eigenvalue weighted by Gasteiger charge is 2.26. The van der Waals surface area contributed by atoms with Crippen LogP contribution in [-0.4, -0.2) is 30.2 Å². The first-order valence-electron chi connectivity index (χ1n) is 8.30. The van der Waals surface area contributed by atoms with Crippen LogP contribution in [0.25, 0.3) is 0 Å². The predicted octanol–water partition coefficient (Wildman–Crippen LogP) is -0.540. The molecule has 0 amide bonds. The molecule has 22 heavy (non-hydrogen) atoms. The first kappa shape index (κ1) is 19.2. The second-order valence-corrected chi connectivity index (χ2v) is 6.26. The lowest BCUT2D eigenvalue weighted by Crippen LogP contribution is -3.00. The molecule has 0 aliphatic heterocycles. The summed E-state index contributed by atoms with van der Waals surface area (Å²) in [5.41, 5.74) is 5.77. The molecule has 2 aliphatic rings. The Kier molecular flexibility index (Phi) is 8.79. The molecule has 0 spiro atoms. The van der Waals surface area contributed by atoms with Gasteiger partial charge in [0.15, 0.2) is 0 Å². The normalized spacial score (nSPS) is 21.5. The molecule has 5 nitrogen and oxygen atoms in total. The standard InChI is InChI=1S/C16H27NO4.ClH/c17-14(16(19)21-13-9-5-2-6-10-13)11-15(18)20-12-7-3-1-4-8-12;/h12-14H,1-11,17H2;1H/p-1. The summed E-state index contributed by atoms with van der Waals surface area (Å²) in [5.74, 6) is -0.850. The van der Waals surface area contributed by atoms with E-state index in [0.717, 1.165) is 51.4 Å². The second kappa shape index (κ2) is 10.1. The fourth-order valence-electron chi connectivity index (χ4n) is 3.11. The van der Waals surface area contributed by atoms with Crippen LogP contribution in [0.4, 0.5) is 0 Å². The van der Waals surface area contributed by atoms with Gasteiger partial charge >= 0.3 is 11.9 Å². The number of carbonyl (C=O) groups excluding carboxylic acids is 2. The van der Waals surface area contributed by atoms with Gasteiger partial charge in [0.25, 0.3) is 0 Å². The number of halogens is 1. The number of hydrogen-bond donors (Lipinski definition) is 1. The van der Waals surface area contributed by atoms with Crippen LogP contribution < -0.4 is 18.1 Å². The van der Waals surface area contributed by atoms with Crippen molar-refractivity contribution >= 4 is 11.9 Å². The van der Waals surface area contributed by atoms with Gasteiger partial charge in [-0.15, -0.1) is 0 Å². The van der Waals surface area contributed by atoms with E-state index in [4.69, 9.17) is 15.2 Å². The van der Waals surface area contributed by atoms with Crippen molar-refractivity contribution in [2.75, 3.05) is 0 Å². The summed E-state index contributed by atoms with van der Waals surface area (Å²) in [5, 5.41) is 0. The molecule has 0 bridgehead atoms. The highest BCUT2D eigenvalue weighted by atomic mass is 35.5. The summed E-state index contributed by atoms with van der Waals surface area (Å²) >= 11 is 0. The van der Waals surface area contributed by atoms with Crippen LogP contribution in [0.5, 0.6) is 0 Å². The number of hydrogen-bond acceptors (Lipinski definition) is 5. The van der Waals surface area contributed by atoms with Gasteiger partial charge in [0.05, 0.1) is 6.42 Å². The average Bonchev–Trinajstić information content (AvgIpc) is 2.49. The molecule has 2 saturated carbocycles. The predicted molar refractivity (Wildman–Crippen MR) is 78.5 cm³/mol. The van der Waals surface area contributed by atoms with E-state index >= 15 is 0 Å². The molecule has 1 atom stereocenters. The van der Waals surface area contributed by atoms with Gasteiger partial charge in [0, 0.05) is 0 Å². The zero-order valence-electron chi connectivity index (χ0n) is 13.1. The van der Waals surface area contributed by atoms with Crippen LogP contribution >= 0.6 is 0 Å². The van der Waals surface area contributed by atoms with Crippen LogP contribution in [0, 0.1) is 0 Å². The fourth-order valence-corrected chi connectivity index (χ4v) is 3.11. The van der Waals surface area contributed by atoms with Crippen molar-refractivity contribution in [2.45, 2.75) is 88.9 Å². The van der Waals surface area contributed by atoms with E-state index in [1.54, 1.807) is 0 Å². The monoisotopic (exact) mass is 332 g/mol. The van der Waals surface area contributed by atoms with Crippen LogP contribution in [-0.2, 0) is 19.1 Å². The minimum Gasteiger partial charge on any atom is -1.00 e. The maximum Gasteiger partial charge on any atom is 0.323 e. The Bertz CT molecular complexity index is 352. The third kappa shape index (κ3) is 6.53. The van der Waals surface area contributed by atoms with E-state index in [9.17, 15) is 9.59 Å². The lowest BCUT2D eigenvalue weighted by Gasteiger charge is -2.24. The van der Waals surface area contributed by atoms with Crippen molar-refractivity contribution in [2.24, 2.45) is 5.73 Å². The number of carbonyl (C=O) groups is 2.